The molecular weight excluding hydrogens is 318 g/mol. The normalized spacial score (nSPS) is 18.6. The van der Waals surface area contributed by atoms with Gasteiger partial charge in [-0.3, -0.25) is 4.90 Å². The Morgan fingerprint density at radius 3 is 2.88 bits per heavy atom. The van der Waals surface area contributed by atoms with Gasteiger partial charge in [0.05, 0.1) is 7.11 Å². The van der Waals surface area contributed by atoms with Crippen molar-refractivity contribution in [1.29, 1.82) is 0 Å². The summed E-state index contributed by atoms with van der Waals surface area (Å²) in [4.78, 5) is 9.07. The van der Waals surface area contributed by atoms with E-state index in [4.69, 9.17) is 4.74 Å². The van der Waals surface area contributed by atoms with Crippen LogP contribution in [0.15, 0.2) is 36.8 Å². The number of hydrogen-bond acceptors (Lipinski definition) is 7. The number of methoxy groups -OCH3 is 1. The largest absolute Gasteiger partial charge is 0.481 e. The Morgan fingerprint density at radius 1 is 1.20 bits per heavy atom. The monoisotopic (exact) mass is 339 g/mol. The number of rotatable bonds is 4. The van der Waals surface area contributed by atoms with Crippen LogP contribution < -0.4 is 9.64 Å². The van der Waals surface area contributed by atoms with Crippen LogP contribution in [0, 0.1) is 0 Å². The fourth-order valence-corrected chi connectivity index (χ4v) is 3.18. The van der Waals surface area contributed by atoms with E-state index >= 15 is 0 Å². The molecule has 0 N–H and O–H groups in total. The highest BCUT2D eigenvalue weighted by atomic mass is 16.5. The Labute approximate surface area is 146 Å². The summed E-state index contributed by atoms with van der Waals surface area (Å²) < 4.78 is 6.84. The van der Waals surface area contributed by atoms with Crippen molar-refractivity contribution in [2.24, 2.45) is 0 Å². The molecule has 0 spiro atoms. The van der Waals surface area contributed by atoms with E-state index in [1.165, 1.54) is 5.56 Å². The molecule has 1 unspecified atom stereocenters. The van der Waals surface area contributed by atoms with Gasteiger partial charge in [-0.15, -0.1) is 15.3 Å². The lowest BCUT2D eigenvalue weighted by atomic mass is 10.1. The van der Waals surface area contributed by atoms with Crippen LogP contribution in [0.25, 0.3) is 5.65 Å². The van der Waals surface area contributed by atoms with Crippen LogP contribution in [0.3, 0.4) is 0 Å². The average molecular weight is 339 g/mol. The summed E-state index contributed by atoms with van der Waals surface area (Å²) in [6.07, 6.45) is 3.52. The van der Waals surface area contributed by atoms with Crippen molar-refractivity contribution in [1.82, 2.24) is 29.7 Å². The summed E-state index contributed by atoms with van der Waals surface area (Å²) in [6.45, 7) is 6.00. The molecule has 1 aliphatic rings. The third-order valence-corrected chi connectivity index (χ3v) is 4.63. The highest BCUT2D eigenvalue weighted by Crippen LogP contribution is 2.19. The standard InChI is InChI=1S/C17H21N7O/c1-13-10-23(16-5-4-15-20-19-12-24(15)21-16)8-7-22(13)11-14-3-6-17(25-2)18-9-14/h3-6,9,12-13H,7-8,10-11H2,1-2H3. The van der Waals surface area contributed by atoms with Gasteiger partial charge in [-0.05, 0) is 24.6 Å². The number of aromatic nitrogens is 5. The van der Waals surface area contributed by atoms with E-state index in [9.17, 15) is 0 Å². The topological polar surface area (TPSA) is 71.7 Å². The summed E-state index contributed by atoms with van der Waals surface area (Å²) in [5, 5.41) is 12.5. The van der Waals surface area contributed by atoms with E-state index < -0.39 is 0 Å². The molecule has 1 saturated heterocycles. The van der Waals surface area contributed by atoms with E-state index in [0.29, 0.717) is 11.9 Å². The molecule has 0 saturated carbocycles. The lowest BCUT2D eigenvalue weighted by molar-refractivity contribution is 0.180. The van der Waals surface area contributed by atoms with Gasteiger partial charge in [0.25, 0.3) is 0 Å². The molecule has 0 amide bonds. The fourth-order valence-electron chi connectivity index (χ4n) is 3.18. The minimum Gasteiger partial charge on any atom is -0.481 e. The molecule has 1 atom stereocenters. The second-order valence-corrected chi connectivity index (χ2v) is 6.30. The lowest BCUT2D eigenvalue weighted by Crippen LogP contribution is -2.51. The van der Waals surface area contributed by atoms with Crippen molar-refractivity contribution in [2.45, 2.75) is 19.5 Å². The maximum Gasteiger partial charge on any atom is 0.212 e. The maximum absolute atomic E-state index is 5.12. The van der Waals surface area contributed by atoms with Crippen molar-refractivity contribution in [3.8, 4) is 5.88 Å². The van der Waals surface area contributed by atoms with Crippen LogP contribution in [0.1, 0.15) is 12.5 Å². The zero-order valence-electron chi connectivity index (χ0n) is 14.4. The van der Waals surface area contributed by atoms with Gasteiger partial charge < -0.3 is 9.64 Å². The summed E-state index contributed by atoms with van der Waals surface area (Å²) in [5.74, 6) is 1.61. The second kappa shape index (κ2) is 6.64. The Balaban J connectivity index is 1.42. The van der Waals surface area contributed by atoms with Crippen LogP contribution in [-0.4, -0.2) is 62.5 Å². The molecule has 25 heavy (non-hydrogen) atoms. The van der Waals surface area contributed by atoms with Gasteiger partial charge in [0.1, 0.15) is 12.1 Å². The third kappa shape index (κ3) is 3.25. The Morgan fingerprint density at radius 2 is 2.12 bits per heavy atom. The molecule has 130 valence electrons. The van der Waals surface area contributed by atoms with Crippen molar-refractivity contribution in [2.75, 3.05) is 31.6 Å². The first kappa shape index (κ1) is 15.8. The van der Waals surface area contributed by atoms with E-state index in [0.717, 1.165) is 37.6 Å². The Hall–Kier alpha value is -2.74. The molecule has 0 radical (unpaired) electrons. The van der Waals surface area contributed by atoms with E-state index in [2.05, 4.69) is 43.1 Å². The predicted octanol–water partition coefficient (Wildman–Crippen LogP) is 1.24. The second-order valence-electron chi connectivity index (χ2n) is 6.30. The van der Waals surface area contributed by atoms with E-state index in [-0.39, 0.29) is 0 Å². The first-order valence-corrected chi connectivity index (χ1v) is 8.38. The average Bonchev–Trinajstić information content (AvgIpc) is 3.12. The minimum atomic E-state index is 0.425. The molecular formula is C17H21N7O. The predicted molar refractivity (Wildman–Crippen MR) is 93.7 cm³/mol. The number of hydrogen-bond donors (Lipinski definition) is 0. The van der Waals surface area contributed by atoms with Crippen LogP contribution in [0.4, 0.5) is 5.82 Å². The summed E-state index contributed by atoms with van der Waals surface area (Å²) in [5.41, 5.74) is 1.97. The highest BCUT2D eigenvalue weighted by Gasteiger charge is 2.25. The molecule has 4 heterocycles. The van der Waals surface area contributed by atoms with E-state index in [1.807, 2.05) is 24.4 Å². The van der Waals surface area contributed by atoms with Gasteiger partial charge in [0, 0.05) is 44.5 Å². The zero-order valence-corrected chi connectivity index (χ0v) is 14.4. The molecule has 8 heteroatoms. The minimum absolute atomic E-state index is 0.425. The van der Waals surface area contributed by atoms with Crippen LogP contribution in [-0.2, 0) is 6.54 Å². The number of anilines is 1. The number of pyridine rings is 1. The summed E-state index contributed by atoms with van der Waals surface area (Å²) in [6, 6.07) is 8.38. The smallest absolute Gasteiger partial charge is 0.212 e. The quantitative estimate of drug-likeness (QED) is 0.708. The molecule has 1 aliphatic heterocycles. The van der Waals surface area contributed by atoms with Crippen LogP contribution >= 0.6 is 0 Å². The molecule has 4 rings (SSSR count). The van der Waals surface area contributed by atoms with Crippen molar-refractivity contribution in [3.05, 3.63) is 42.4 Å². The molecule has 1 fully saturated rings. The molecule has 8 nitrogen and oxygen atoms in total. The summed E-state index contributed by atoms with van der Waals surface area (Å²) >= 11 is 0. The number of fused-ring (bicyclic) bond motifs is 1. The molecule has 3 aromatic heterocycles. The number of ether oxygens (including phenoxy) is 1. The van der Waals surface area contributed by atoms with Gasteiger partial charge >= 0.3 is 0 Å². The Bertz CT molecular complexity index is 848. The highest BCUT2D eigenvalue weighted by molar-refractivity contribution is 5.45. The van der Waals surface area contributed by atoms with Gasteiger partial charge in [0.2, 0.25) is 5.88 Å². The third-order valence-electron chi connectivity index (χ3n) is 4.63. The Kier molecular flexibility index (Phi) is 4.19. The summed E-state index contributed by atoms with van der Waals surface area (Å²) in [7, 11) is 1.63. The molecule has 0 aromatic carbocycles. The van der Waals surface area contributed by atoms with Gasteiger partial charge in [-0.2, -0.15) is 4.52 Å². The van der Waals surface area contributed by atoms with Crippen LogP contribution in [0.2, 0.25) is 0 Å². The van der Waals surface area contributed by atoms with Crippen molar-refractivity contribution >= 4 is 11.5 Å². The van der Waals surface area contributed by atoms with Crippen molar-refractivity contribution in [3.63, 3.8) is 0 Å². The SMILES string of the molecule is COc1ccc(CN2CCN(c3ccc4nncn4n3)CC2C)cn1. The molecule has 0 aliphatic carbocycles. The number of nitrogens with zero attached hydrogens (tertiary/aromatic N) is 7. The first-order chi connectivity index (χ1) is 12.2. The molecule has 3 aromatic rings. The van der Waals surface area contributed by atoms with Gasteiger partial charge in [-0.25, -0.2) is 4.98 Å². The fraction of sp³-hybridized carbons (Fsp3) is 0.412. The number of piperazine rings is 1. The van der Waals surface area contributed by atoms with Gasteiger partial charge in [-0.1, -0.05) is 6.07 Å². The lowest BCUT2D eigenvalue weighted by Gasteiger charge is -2.40. The zero-order chi connectivity index (χ0) is 17.2. The first-order valence-electron chi connectivity index (χ1n) is 8.38. The van der Waals surface area contributed by atoms with E-state index in [1.54, 1.807) is 18.0 Å². The molecule has 0 bridgehead atoms. The maximum atomic E-state index is 5.12. The van der Waals surface area contributed by atoms with Gasteiger partial charge in [0.15, 0.2) is 5.65 Å². The van der Waals surface area contributed by atoms with Crippen molar-refractivity contribution < 1.29 is 4.74 Å². The van der Waals surface area contributed by atoms with Crippen LogP contribution in [0.5, 0.6) is 5.88 Å².